The van der Waals surface area contributed by atoms with Crippen LogP contribution in [-0.2, 0) is 20.2 Å². The van der Waals surface area contributed by atoms with Gasteiger partial charge < -0.3 is 25.7 Å². The zero-order valence-electron chi connectivity index (χ0n) is 26.9. The summed E-state index contributed by atoms with van der Waals surface area (Å²) >= 11 is 0. The van der Waals surface area contributed by atoms with Crippen LogP contribution in [0.1, 0.15) is 13.8 Å². The Kier molecular flexibility index (Phi) is 11.2. The van der Waals surface area contributed by atoms with Crippen molar-refractivity contribution in [3.05, 3.63) is 121 Å². The first kappa shape index (κ1) is 37.7. The van der Waals surface area contributed by atoms with E-state index in [4.69, 9.17) is 0 Å². The predicted molar refractivity (Wildman–Crippen MR) is 193 cm³/mol. The quantitative estimate of drug-likeness (QED) is 0.0313. The van der Waals surface area contributed by atoms with Crippen LogP contribution >= 0.6 is 0 Å². The Morgan fingerprint density at radius 1 is 0.667 bits per heavy atom. The van der Waals surface area contributed by atoms with Crippen molar-refractivity contribution in [3.63, 3.8) is 0 Å². The molecule has 15 nitrogen and oxygen atoms in total. The highest BCUT2D eigenvalue weighted by molar-refractivity contribution is 7.86. The first-order chi connectivity index (χ1) is 24.0. The fourth-order valence-corrected chi connectivity index (χ4v) is 5.88. The normalized spacial score (nSPS) is 13.4. The van der Waals surface area contributed by atoms with Gasteiger partial charge in [-0.25, -0.2) is 0 Å². The monoisotopic (exact) mass is 733 g/mol. The van der Waals surface area contributed by atoms with Crippen molar-refractivity contribution in [2.75, 3.05) is 5.32 Å². The standard InChI is InChI=1S/C34H31N5O10S2/c1-5-7-9-27(19(3)40)36-38-31-29(50(44,45)46)17-21-15-23(11-13-25(21)33(31)42)35-24-12-14-26-22(16-24)18-30(51(47,48)49)32(34(26)43)39-37-28(20(4)41)10-8-6-2/h5-18,35,40-43H,3-4H2,1-2H3,(H,44,45,46)(H,47,48,49)/b7-5-,8-6-,27-9+,28-10+,38-36?,39-37?. The molecule has 4 aromatic rings. The average Bonchev–Trinajstić information content (AvgIpc) is 3.04. The molecule has 0 saturated carbocycles. The summed E-state index contributed by atoms with van der Waals surface area (Å²) in [5.74, 6) is -2.24. The van der Waals surface area contributed by atoms with Gasteiger partial charge in [-0.3, -0.25) is 9.11 Å². The van der Waals surface area contributed by atoms with Crippen LogP contribution in [-0.4, -0.2) is 46.4 Å². The molecule has 264 valence electrons. The molecule has 0 bridgehead atoms. The zero-order chi connectivity index (χ0) is 37.7. The smallest absolute Gasteiger partial charge is 0.296 e. The highest BCUT2D eigenvalue weighted by Crippen LogP contribution is 2.44. The number of nitrogens with one attached hydrogen (secondary N) is 1. The number of azo groups is 2. The SMILES string of the molecule is C=C(O)/C(=C\C=C/C)N=Nc1c(S(=O)(=O)O)cc2cc(Nc3ccc4c(O)c(N=N/C(=C/C=C\C)C(=C)O)c(S(=O)(=O)O)cc4c3)ccc2c1O. The molecular weight excluding hydrogens is 703 g/mol. The lowest BCUT2D eigenvalue weighted by atomic mass is 10.1. The second-order valence-electron chi connectivity index (χ2n) is 10.5. The number of phenolic OH excluding ortho intramolecular Hbond substituents is 2. The Bertz CT molecular complexity index is 2330. The second kappa shape index (κ2) is 15.2. The number of aliphatic hydroxyl groups is 2. The minimum Gasteiger partial charge on any atom is -0.506 e. The lowest BCUT2D eigenvalue weighted by Gasteiger charge is -2.13. The van der Waals surface area contributed by atoms with Gasteiger partial charge in [0, 0.05) is 22.1 Å². The molecule has 0 aliphatic carbocycles. The van der Waals surface area contributed by atoms with Crippen LogP contribution in [0.25, 0.3) is 21.5 Å². The maximum absolute atomic E-state index is 12.3. The van der Waals surface area contributed by atoms with E-state index in [1.165, 1.54) is 60.7 Å². The largest absolute Gasteiger partial charge is 0.506 e. The first-order valence-corrected chi connectivity index (χ1v) is 17.4. The molecular formula is C34H31N5O10S2. The highest BCUT2D eigenvalue weighted by Gasteiger charge is 2.24. The lowest BCUT2D eigenvalue weighted by molar-refractivity contribution is 0.423. The van der Waals surface area contributed by atoms with Crippen molar-refractivity contribution in [2.45, 2.75) is 23.6 Å². The summed E-state index contributed by atoms with van der Waals surface area (Å²) in [7, 11) is -9.91. The van der Waals surface area contributed by atoms with Crippen molar-refractivity contribution < 1.29 is 46.4 Å². The summed E-state index contributed by atoms with van der Waals surface area (Å²) in [5, 5.41) is 60.3. The molecule has 17 heteroatoms. The lowest BCUT2D eigenvalue weighted by Crippen LogP contribution is -2.00. The summed E-state index contributed by atoms with van der Waals surface area (Å²) in [6, 6.07) is 10.9. The van der Waals surface area contributed by atoms with E-state index in [9.17, 15) is 46.4 Å². The van der Waals surface area contributed by atoms with E-state index in [1.54, 1.807) is 26.0 Å². The molecule has 51 heavy (non-hydrogen) atoms. The number of hydrogen-bond donors (Lipinski definition) is 7. The van der Waals surface area contributed by atoms with Gasteiger partial charge >= 0.3 is 0 Å². The van der Waals surface area contributed by atoms with Gasteiger partial charge in [-0.05, 0) is 85.3 Å². The van der Waals surface area contributed by atoms with E-state index in [1.807, 2.05) is 0 Å². The number of aromatic hydroxyl groups is 2. The molecule has 4 aromatic carbocycles. The van der Waals surface area contributed by atoms with Crippen LogP contribution in [0, 0.1) is 0 Å². The highest BCUT2D eigenvalue weighted by atomic mass is 32.2. The number of anilines is 2. The molecule has 4 rings (SSSR count). The number of rotatable bonds is 12. The summed E-state index contributed by atoms with van der Waals surface area (Å²) < 4.78 is 69.2. The molecule has 0 amide bonds. The molecule has 7 N–H and O–H groups in total. The van der Waals surface area contributed by atoms with Crippen LogP contribution in [0.2, 0.25) is 0 Å². The molecule has 0 atom stereocenters. The van der Waals surface area contributed by atoms with E-state index in [0.29, 0.717) is 11.4 Å². The minimum atomic E-state index is -4.95. The summed E-state index contributed by atoms with van der Waals surface area (Å²) in [5.41, 5.74) is -0.763. The summed E-state index contributed by atoms with van der Waals surface area (Å²) in [6.45, 7) is 10.1. The Balaban J connectivity index is 1.80. The van der Waals surface area contributed by atoms with E-state index in [0.717, 1.165) is 12.1 Å². The Labute approximate surface area is 292 Å². The maximum atomic E-state index is 12.3. The Morgan fingerprint density at radius 2 is 1.04 bits per heavy atom. The number of fused-ring (bicyclic) bond motifs is 2. The topological polar surface area (TPSA) is 251 Å². The van der Waals surface area contributed by atoms with Gasteiger partial charge in [-0.2, -0.15) is 16.8 Å². The van der Waals surface area contributed by atoms with Crippen molar-refractivity contribution in [1.29, 1.82) is 0 Å². The Morgan fingerprint density at radius 3 is 1.35 bits per heavy atom. The van der Waals surface area contributed by atoms with Crippen molar-refractivity contribution in [2.24, 2.45) is 20.5 Å². The zero-order valence-corrected chi connectivity index (χ0v) is 28.6. The van der Waals surface area contributed by atoms with E-state index in [-0.39, 0.29) is 32.9 Å². The number of nitrogens with zero attached hydrogens (tertiary/aromatic N) is 4. The third kappa shape index (κ3) is 8.72. The van der Waals surface area contributed by atoms with Gasteiger partial charge in [-0.15, -0.1) is 20.5 Å². The van der Waals surface area contributed by atoms with Crippen LogP contribution < -0.4 is 5.32 Å². The molecule has 0 spiro atoms. The first-order valence-electron chi connectivity index (χ1n) is 14.5. The van der Waals surface area contributed by atoms with Crippen molar-refractivity contribution in [1.82, 2.24) is 0 Å². The van der Waals surface area contributed by atoms with E-state index in [2.05, 4.69) is 38.9 Å². The number of allylic oxidation sites excluding steroid dienone is 6. The van der Waals surface area contributed by atoms with Gasteiger partial charge in [0.2, 0.25) is 0 Å². The third-order valence-electron chi connectivity index (χ3n) is 6.95. The maximum Gasteiger partial charge on any atom is 0.296 e. The Hall–Kier alpha value is -6.14. The fraction of sp³-hybridized carbons (Fsp3) is 0.0588. The van der Waals surface area contributed by atoms with Gasteiger partial charge in [0.1, 0.15) is 44.1 Å². The fourth-order valence-electron chi connectivity index (χ4n) is 4.57. The van der Waals surface area contributed by atoms with Crippen LogP contribution in [0.15, 0.2) is 151 Å². The average molecular weight is 734 g/mol. The number of benzene rings is 4. The molecule has 0 fully saturated rings. The number of aliphatic hydroxyl groups excluding tert-OH is 2. The molecule has 0 saturated heterocycles. The number of hydrogen-bond acceptors (Lipinski definition) is 13. The molecule has 0 radical (unpaired) electrons. The number of phenols is 2. The minimum absolute atomic E-state index is 0.125. The van der Waals surface area contributed by atoms with Gasteiger partial charge in [-0.1, -0.05) is 37.5 Å². The van der Waals surface area contributed by atoms with Crippen LogP contribution in [0.4, 0.5) is 22.7 Å². The van der Waals surface area contributed by atoms with Gasteiger partial charge in [0.15, 0.2) is 11.5 Å². The predicted octanol–water partition coefficient (Wildman–Crippen LogP) is 8.87. The summed E-state index contributed by atoms with van der Waals surface area (Å²) in [6.07, 6.45) is 8.97. The van der Waals surface area contributed by atoms with Gasteiger partial charge in [0.25, 0.3) is 20.2 Å². The summed E-state index contributed by atoms with van der Waals surface area (Å²) in [4.78, 5) is -1.55. The van der Waals surface area contributed by atoms with Gasteiger partial charge in [0.05, 0.1) is 0 Å². The third-order valence-corrected chi connectivity index (χ3v) is 8.68. The molecule has 0 heterocycles. The van der Waals surface area contributed by atoms with E-state index < -0.39 is 64.4 Å². The van der Waals surface area contributed by atoms with Crippen molar-refractivity contribution in [3.8, 4) is 11.5 Å². The molecule has 0 unspecified atom stereocenters. The van der Waals surface area contributed by atoms with Crippen LogP contribution in [0.3, 0.4) is 0 Å². The van der Waals surface area contributed by atoms with Crippen LogP contribution in [0.5, 0.6) is 11.5 Å². The molecule has 0 aliphatic heterocycles. The van der Waals surface area contributed by atoms with E-state index >= 15 is 0 Å². The second-order valence-corrected chi connectivity index (χ2v) is 13.3. The molecule has 0 aromatic heterocycles. The van der Waals surface area contributed by atoms with Crippen molar-refractivity contribution >= 4 is 64.5 Å². The molecule has 0 aliphatic rings.